The zero-order valence-corrected chi connectivity index (χ0v) is 9.23. The van der Waals surface area contributed by atoms with Gasteiger partial charge in [-0.15, -0.1) is 0 Å². The van der Waals surface area contributed by atoms with Gasteiger partial charge in [0.1, 0.15) is 17.8 Å². The van der Waals surface area contributed by atoms with Crippen molar-refractivity contribution in [2.75, 3.05) is 12.4 Å². The van der Waals surface area contributed by atoms with E-state index in [-0.39, 0.29) is 5.82 Å². The van der Waals surface area contributed by atoms with Gasteiger partial charge in [-0.3, -0.25) is 0 Å². The van der Waals surface area contributed by atoms with E-state index in [1.54, 1.807) is 13.1 Å². The molecule has 0 saturated carbocycles. The highest BCUT2D eigenvalue weighted by Gasteiger charge is 2.31. The first kappa shape index (κ1) is 12.2. The summed E-state index contributed by atoms with van der Waals surface area (Å²) in [6, 6.07) is 1.54. The smallest absolute Gasteiger partial charge is 0.373 e. The van der Waals surface area contributed by atoms with Gasteiger partial charge in [0, 0.05) is 25.5 Å². The second-order valence-corrected chi connectivity index (χ2v) is 3.33. The molecule has 1 N–H and O–H groups in total. The minimum Gasteiger partial charge on any atom is -0.373 e. The molecule has 0 aromatic carbocycles. The number of anilines is 1. The SMILES string of the molecule is CNc1cc(-c2ncc(C(F)(F)F)cn2)ncn1. The van der Waals surface area contributed by atoms with Crippen LogP contribution in [0.5, 0.6) is 0 Å². The molecular formula is C10H8F3N5. The number of hydrogen-bond donors (Lipinski definition) is 1. The first-order valence-corrected chi connectivity index (χ1v) is 4.90. The number of nitrogens with one attached hydrogen (secondary N) is 1. The Morgan fingerprint density at radius 1 is 1.06 bits per heavy atom. The Morgan fingerprint density at radius 3 is 2.28 bits per heavy atom. The zero-order chi connectivity index (χ0) is 13.2. The molecule has 2 aromatic rings. The monoisotopic (exact) mass is 255 g/mol. The van der Waals surface area contributed by atoms with E-state index in [1.807, 2.05) is 0 Å². The van der Waals surface area contributed by atoms with Crippen LogP contribution < -0.4 is 5.32 Å². The van der Waals surface area contributed by atoms with Crippen LogP contribution in [0.15, 0.2) is 24.8 Å². The molecule has 0 saturated heterocycles. The average Bonchev–Trinajstić information content (AvgIpc) is 2.38. The molecule has 0 radical (unpaired) electrons. The van der Waals surface area contributed by atoms with Gasteiger partial charge in [0.05, 0.1) is 5.56 Å². The summed E-state index contributed by atoms with van der Waals surface area (Å²) in [6.07, 6.45) is -1.71. The third-order valence-electron chi connectivity index (χ3n) is 2.13. The molecule has 0 atom stereocenters. The Balaban J connectivity index is 2.34. The van der Waals surface area contributed by atoms with Gasteiger partial charge in [0.15, 0.2) is 5.82 Å². The third kappa shape index (κ3) is 2.53. The number of aromatic nitrogens is 4. The van der Waals surface area contributed by atoms with Crippen molar-refractivity contribution in [1.29, 1.82) is 0 Å². The van der Waals surface area contributed by atoms with E-state index in [4.69, 9.17) is 0 Å². The summed E-state index contributed by atoms with van der Waals surface area (Å²) >= 11 is 0. The Labute approximate surface area is 100 Å². The maximum absolute atomic E-state index is 12.3. The Kier molecular flexibility index (Phi) is 3.09. The summed E-state index contributed by atoms with van der Waals surface area (Å²) in [5, 5.41) is 2.79. The van der Waals surface area contributed by atoms with E-state index >= 15 is 0 Å². The molecule has 0 aliphatic heterocycles. The van der Waals surface area contributed by atoms with Gasteiger partial charge in [-0.25, -0.2) is 19.9 Å². The maximum Gasteiger partial charge on any atom is 0.419 e. The van der Waals surface area contributed by atoms with Crippen molar-refractivity contribution in [3.63, 3.8) is 0 Å². The lowest BCUT2D eigenvalue weighted by atomic mass is 10.3. The molecule has 94 valence electrons. The molecule has 2 heterocycles. The second kappa shape index (κ2) is 4.55. The van der Waals surface area contributed by atoms with Crippen LogP contribution in [0.3, 0.4) is 0 Å². The first-order valence-electron chi connectivity index (χ1n) is 4.90. The van der Waals surface area contributed by atoms with Gasteiger partial charge < -0.3 is 5.32 Å². The summed E-state index contributed by atoms with van der Waals surface area (Å²) in [6.45, 7) is 0. The number of halogens is 3. The van der Waals surface area contributed by atoms with Crippen LogP contribution in [0.1, 0.15) is 5.56 Å². The van der Waals surface area contributed by atoms with Crippen LogP contribution in [0, 0.1) is 0 Å². The highest BCUT2D eigenvalue weighted by Crippen LogP contribution is 2.28. The molecule has 0 bridgehead atoms. The standard InChI is InChI=1S/C10H8F3N5/c1-14-8-2-7(17-5-18-8)9-15-3-6(4-16-9)10(11,12)13/h2-5H,1H3,(H,14,17,18). The lowest BCUT2D eigenvalue weighted by Gasteiger charge is -2.06. The van der Waals surface area contributed by atoms with E-state index in [9.17, 15) is 13.2 Å². The van der Waals surface area contributed by atoms with Crippen LogP contribution >= 0.6 is 0 Å². The first-order chi connectivity index (χ1) is 8.50. The quantitative estimate of drug-likeness (QED) is 0.889. The predicted molar refractivity (Wildman–Crippen MR) is 57.6 cm³/mol. The van der Waals surface area contributed by atoms with Crippen LogP contribution in [-0.2, 0) is 6.18 Å². The molecule has 0 aliphatic rings. The molecule has 0 amide bonds. The summed E-state index contributed by atoms with van der Waals surface area (Å²) in [5.74, 6) is 0.644. The zero-order valence-electron chi connectivity index (χ0n) is 9.23. The molecule has 8 heteroatoms. The fourth-order valence-corrected chi connectivity index (χ4v) is 1.22. The van der Waals surface area contributed by atoms with Gasteiger partial charge in [0.25, 0.3) is 0 Å². The molecular weight excluding hydrogens is 247 g/mol. The highest BCUT2D eigenvalue weighted by atomic mass is 19.4. The lowest BCUT2D eigenvalue weighted by Crippen LogP contribution is -2.07. The summed E-state index contributed by atoms with van der Waals surface area (Å²) in [5.41, 5.74) is -0.544. The molecule has 0 aliphatic carbocycles. The minimum atomic E-state index is -4.44. The molecule has 0 fully saturated rings. The Bertz CT molecular complexity index is 538. The van der Waals surface area contributed by atoms with Gasteiger partial charge >= 0.3 is 6.18 Å². The fourth-order valence-electron chi connectivity index (χ4n) is 1.22. The number of rotatable bonds is 2. The Hall–Kier alpha value is -2.25. The molecule has 18 heavy (non-hydrogen) atoms. The normalized spacial score (nSPS) is 11.3. The number of nitrogens with zero attached hydrogens (tertiary/aromatic N) is 4. The van der Waals surface area contributed by atoms with Crippen molar-refractivity contribution < 1.29 is 13.2 Å². The van der Waals surface area contributed by atoms with Crippen molar-refractivity contribution >= 4 is 5.82 Å². The van der Waals surface area contributed by atoms with Crippen LogP contribution in [0.2, 0.25) is 0 Å². The topological polar surface area (TPSA) is 63.6 Å². The molecule has 2 aromatic heterocycles. The molecule has 0 unspecified atom stereocenters. The molecule has 5 nitrogen and oxygen atoms in total. The van der Waals surface area contributed by atoms with Gasteiger partial charge in [-0.1, -0.05) is 0 Å². The maximum atomic E-state index is 12.3. The van der Waals surface area contributed by atoms with Crippen molar-refractivity contribution in [3.05, 3.63) is 30.4 Å². The van der Waals surface area contributed by atoms with E-state index in [0.29, 0.717) is 11.5 Å². The van der Waals surface area contributed by atoms with Crippen molar-refractivity contribution in [2.45, 2.75) is 6.18 Å². The molecule has 0 spiro atoms. The Morgan fingerprint density at radius 2 is 1.72 bits per heavy atom. The highest BCUT2D eigenvalue weighted by molar-refractivity contribution is 5.54. The van der Waals surface area contributed by atoms with E-state index in [0.717, 1.165) is 12.4 Å². The van der Waals surface area contributed by atoms with Crippen molar-refractivity contribution in [3.8, 4) is 11.5 Å². The van der Waals surface area contributed by atoms with Crippen LogP contribution in [-0.4, -0.2) is 27.0 Å². The van der Waals surface area contributed by atoms with Crippen LogP contribution in [0.4, 0.5) is 19.0 Å². The van der Waals surface area contributed by atoms with Gasteiger partial charge in [0.2, 0.25) is 0 Å². The molecule has 2 rings (SSSR count). The number of hydrogen-bond acceptors (Lipinski definition) is 5. The summed E-state index contributed by atoms with van der Waals surface area (Å²) in [4.78, 5) is 15.1. The average molecular weight is 255 g/mol. The van der Waals surface area contributed by atoms with Gasteiger partial charge in [-0.2, -0.15) is 13.2 Å². The van der Waals surface area contributed by atoms with Crippen molar-refractivity contribution in [1.82, 2.24) is 19.9 Å². The summed E-state index contributed by atoms with van der Waals surface area (Å²) < 4.78 is 37.0. The van der Waals surface area contributed by atoms with E-state index in [1.165, 1.54) is 6.33 Å². The van der Waals surface area contributed by atoms with E-state index in [2.05, 4.69) is 25.3 Å². The fraction of sp³-hybridized carbons (Fsp3) is 0.200. The number of alkyl halides is 3. The van der Waals surface area contributed by atoms with Crippen molar-refractivity contribution in [2.24, 2.45) is 0 Å². The van der Waals surface area contributed by atoms with Gasteiger partial charge in [-0.05, 0) is 0 Å². The third-order valence-corrected chi connectivity index (χ3v) is 2.13. The van der Waals surface area contributed by atoms with Crippen LogP contribution in [0.25, 0.3) is 11.5 Å². The largest absolute Gasteiger partial charge is 0.419 e. The summed E-state index contributed by atoms with van der Waals surface area (Å²) in [7, 11) is 1.67. The lowest BCUT2D eigenvalue weighted by molar-refractivity contribution is -0.138. The second-order valence-electron chi connectivity index (χ2n) is 3.33. The predicted octanol–water partition coefficient (Wildman–Crippen LogP) is 1.99. The van der Waals surface area contributed by atoms with E-state index < -0.39 is 11.7 Å². The minimum absolute atomic E-state index is 0.113.